The van der Waals surface area contributed by atoms with Crippen molar-refractivity contribution in [2.45, 2.75) is 26.2 Å². The number of benzene rings is 1. The third-order valence-corrected chi connectivity index (χ3v) is 4.92. The number of para-hydroxylation sites is 2. The summed E-state index contributed by atoms with van der Waals surface area (Å²) >= 11 is 0. The van der Waals surface area contributed by atoms with E-state index in [0.717, 1.165) is 25.0 Å². The van der Waals surface area contributed by atoms with E-state index in [4.69, 9.17) is 14.5 Å². The number of esters is 1. The highest BCUT2D eigenvalue weighted by Crippen LogP contribution is 2.32. The summed E-state index contributed by atoms with van der Waals surface area (Å²) in [6.45, 7) is 6.43. The predicted octanol–water partition coefficient (Wildman–Crippen LogP) is 2.91. The van der Waals surface area contributed by atoms with E-state index in [1.165, 1.54) is 7.11 Å². The smallest absolute Gasteiger partial charge is 0.329 e. The van der Waals surface area contributed by atoms with Crippen molar-refractivity contribution >= 4 is 22.8 Å². The van der Waals surface area contributed by atoms with Gasteiger partial charge < -0.3 is 14.4 Å². The number of carbonyl (C=O) groups is 1. The molecule has 0 amide bonds. The van der Waals surface area contributed by atoms with Crippen LogP contribution in [0.25, 0.3) is 11.0 Å². The fourth-order valence-corrected chi connectivity index (χ4v) is 3.80. The second-order valence-corrected chi connectivity index (χ2v) is 7.49. The molecule has 0 N–H and O–H groups in total. The molecule has 1 aliphatic rings. The van der Waals surface area contributed by atoms with Gasteiger partial charge in [-0.15, -0.1) is 0 Å². The van der Waals surface area contributed by atoms with Gasteiger partial charge in [-0.3, -0.25) is 4.79 Å². The fourth-order valence-electron chi connectivity index (χ4n) is 3.80. The average Bonchev–Trinajstić information content (AvgIpc) is 2.67. The van der Waals surface area contributed by atoms with Crippen LogP contribution < -0.4 is 4.90 Å². The number of fused-ring (bicyclic) bond motifs is 1. The van der Waals surface area contributed by atoms with E-state index in [-0.39, 0.29) is 13.2 Å². The van der Waals surface area contributed by atoms with Crippen LogP contribution in [-0.2, 0) is 14.3 Å². The lowest BCUT2D eigenvalue weighted by Crippen LogP contribution is -2.40. The number of carbonyl (C=O) groups excluding carboxylic acids is 1. The molecule has 148 valence electrons. The Morgan fingerprint density at radius 2 is 1.86 bits per heavy atom. The first-order valence-corrected chi connectivity index (χ1v) is 9.60. The van der Waals surface area contributed by atoms with Crippen molar-refractivity contribution in [1.29, 1.82) is 5.26 Å². The van der Waals surface area contributed by atoms with Gasteiger partial charge in [-0.25, -0.2) is 9.97 Å². The maximum absolute atomic E-state index is 12.6. The monoisotopic (exact) mass is 382 g/mol. The minimum absolute atomic E-state index is 0.0988. The molecule has 3 atom stereocenters. The third-order valence-electron chi connectivity index (χ3n) is 4.92. The number of rotatable bonds is 6. The van der Waals surface area contributed by atoms with Crippen molar-refractivity contribution in [2.24, 2.45) is 11.8 Å². The molecule has 0 spiro atoms. The summed E-state index contributed by atoms with van der Waals surface area (Å²) in [6, 6.07) is 9.57. The zero-order chi connectivity index (χ0) is 20.1. The van der Waals surface area contributed by atoms with Gasteiger partial charge in [0, 0.05) is 20.2 Å². The number of hydrogen-bond acceptors (Lipinski definition) is 7. The van der Waals surface area contributed by atoms with Crippen LogP contribution in [0.1, 0.15) is 31.9 Å². The van der Waals surface area contributed by atoms with Gasteiger partial charge in [0.1, 0.15) is 12.3 Å². The Morgan fingerprint density at radius 1 is 1.21 bits per heavy atom. The van der Waals surface area contributed by atoms with Crippen molar-refractivity contribution < 1.29 is 14.3 Å². The van der Waals surface area contributed by atoms with Gasteiger partial charge in [-0.1, -0.05) is 26.0 Å². The number of hydrogen-bond donors (Lipinski definition) is 0. The normalized spacial score (nSPS) is 20.6. The molecule has 3 rings (SSSR count). The standard InChI is InChI=1S/C21H26N4O3/c1-14-10-15(2)13-25(12-14)20-19(16(11-22)21(26)28-9-8-27-3)23-17-6-4-5-7-18(17)24-20/h4-7,14-16H,8-10,12-13H2,1-3H3/t14-,15+,16-/m0/s1. The Balaban J connectivity index is 2.03. The van der Waals surface area contributed by atoms with Crippen LogP contribution in [0.4, 0.5) is 5.82 Å². The molecule has 28 heavy (non-hydrogen) atoms. The highest BCUT2D eigenvalue weighted by molar-refractivity contribution is 5.85. The summed E-state index contributed by atoms with van der Waals surface area (Å²) in [7, 11) is 1.53. The predicted molar refractivity (Wildman–Crippen MR) is 106 cm³/mol. The Labute approximate surface area is 165 Å². The van der Waals surface area contributed by atoms with Gasteiger partial charge in [0.2, 0.25) is 0 Å². The van der Waals surface area contributed by atoms with Crippen molar-refractivity contribution in [1.82, 2.24) is 9.97 Å². The van der Waals surface area contributed by atoms with Crippen LogP contribution in [-0.4, -0.2) is 49.4 Å². The Bertz CT molecular complexity index is 870. The van der Waals surface area contributed by atoms with Crippen LogP contribution in [0.5, 0.6) is 0 Å². The first kappa shape index (κ1) is 20.0. The van der Waals surface area contributed by atoms with Gasteiger partial charge >= 0.3 is 5.97 Å². The topological polar surface area (TPSA) is 88.3 Å². The largest absolute Gasteiger partial charge is 0.462 e. The molecule has 2 heterocycles. The summed E-state index contributed by atoms with van der Waals surface area (Å²) in [5.74, 6) is -0.148. The minimum Gasteiger partial charge on any atom is -0.462 e. The summed E-state index contributed by atoms with van der Waals surface area (Å²) in [5, 5.41) is 9.74. The number of anilines is 1. The molecule has 1 aromatic carbocycles. The molecular formula is C21H26N4O3. The van der Waals surface area contributed by atoms with Crippen LogP contribution in [0.2, 0.25) is 0 Å². The highest BCUT2D eigenvalue weighted by atomic mass is 16.6. The number of nitrogens with zero attached hydrogens (tertiary/aromatic N) is 4. The number of methoxy groups -OCH3 is 1. The van der Waals surface area contributed by atoms with Gasteiger partial charge in [-0.2, -0.15) is 5.26 Å². The molecule has 0 bridgehead atoms. The maximum atomic E-state index is 12.6. The van der Waals surface area contributed by atoms with E-state index >= 15 is 0 Å². The summed E-state index contributed by atoms with van der Waals surface area (Å²) < 4.78 is 10.1. The molecule has 1 fully saturated rings. The SMILES string of the molecule is COCCOC(=O)[C@@H](C#N)c1nc2ccccc2nc1N1C[C@H](C)C[C@H](C)C1. The zero-order valence-corrected chi connectivity index (χ0v) is 16.6. The second kappa shape index (κ2) is 8.98. The molecular weight excluding hydrogens is 356 g/mol. The third kappa shape index (κ3) is 4.39. The van der Waals surface area contributed by atoms with Crippen molar-refractivity contribution in [3.8, 4) is 6.07 Å². The molecule has 0 saturated carbocycles. The molecule has 7 nitrogen and oxygen atoms in total. The molecule has 0 aliphatic carbocycles. The van der Waals surface area contributed by atoms with E-state index in [9.17, 15) is 10.1 Å². The molecule has 0 unspecified atom stereocenters. The Kier molecular flexibility index (Phi) is 6.42. The average molecular weight is 382 g/mol. The highest BCUT2D eigenvalue weighted by Gasteiger charge is 2.32. The lowest BCUT2D eigenvalue weighted by Gasteiger charge is -2.36. The molecule has 7 heteroatoms. The summed E-state index contributed by atoms with van der Waals surface area (Å²) in [5.41, 5.74) is 1.77. The van der Waals surface area contributed by atoms with E-state index < -0.39 is 11.9 Å². The van der Waals surface area contributed by atoms with E-state index in [1.807, 2.05) is 24.3 Å². The Morgan fingerprint density at radius 3 is 2.46 bits per heavy atom. The molecule has 2 aromatic rings. The van der Waals surface area contributed by atoms with Crippen molar-refractivity contribution in [2.75, 3.05) is 38.3 Å². The van der Waals surface area contributed by atoms with Crippen LogP contribution in [0, 0.1) is 23.2 Å². The lowest BCUT2D eigenvalue weighted by molar-refractivity contribution is -0.145. The zero-order valence-electron chi connectivity index (χ0n) is 16.6. The van der Waals surface area contributed by atoms with Crippen molar-refractivity contribution in [3.05, 3.63) is 30.0 Å². The van der Waals surface area contributed by atoms with E-state index in [0.29, 0.717) is 28.9 Å². The maximum Gasteiger partial charge on any atom is 0.329 e. The fraction of sp³-hybridized carbons (Fsp3) is 0.524. The summed E-state index contributed by atoms with van der Waals surface area (Å²) in [6.07, 6.45) is 1.15. The number of nitriles is 1. The molecule has 1 aromatic heterocycles. The summed E-state index contributed by atoms with van der Waals surface area (Å²) in [4.78, 5) is 24.2. The van der Waals surface area contributed by atoms with Crippen LogP contribution in [0.15, 0.2) is 24.3 Å². The van der Waals surface area contributed by atoms with Gasteiger partial charge in [0.25, 0.3) is 0 Å². The molecule has 1 saturated heterocycles. The lowest BCUT2D eigenvalue weighted by atomic mass is 9.91. The van der Waals surface area contributed by atoms with Crippen molar-refractivity contribution in [3.63, 3.8) is 0 Å². The van der Waals surface area contributed by atoms with E-state index in [1.54, 1.807) is 0 Å². The number of ether oxygens (including phenoxy) is 2. The quantitative estimate of drug-likeness (QED) is 0.560. The van der Waals surface area contributed by atoms with Crippen LogP contribution in [0.3, 0.4) is 0 Å². The second-order valence-electron chi connectivity index (χ2n) is 7.49. The first-order chi connectivity index (χ1) is 13.5. The number of aromatic nitrogens is 2. The van der Waals surface area contributed by atoms with Crippen LogP contribution >= 0.6 is 0 Å². The Hall–Kier alpha value is -2.72. The number of piperidine rings is 1. The molecule has 1 aliphatic heterocycles. The minimum atomic E-state index is -1.13. The molecule has 0 radical (unpaired) electrons. The van der Waals surface area contributed by atoms with Gasteiger partial charge in [0.05, 0.1) is 23.7 Å². The van der Waals surface area contributed by atoms with Gasteiger partial charge in [0.15, 0.2) is 11.7 Å². The van der Waals surface area contributed by atoms with Gasteiger partial charge in [-0.05, 0) is 30.4 Å². The van der Waals surface area contributed by atoms with E-state index in [2.05, 4.69) is 29.8 Å². The first-order valence-electron chi connectivity index (χ1n) is 9.60.